The minimum atomic E-state index is -0.696. The fraction of sp³-hybridized carbons (Fsp3) is 0.273. The van der Waals surface area contributed by atoms with Gasteiger partial charge < -0.3 is 19.9 Å². The van der Waals surface area contributed by atoms with Crippen LogP contribution in [0.1, 0.15) is 30.0 Å². The second kappa shape index (κ2) is 8.17. The van der Waals surface area contributed by atoms with E-state index in [1.165, 1.54) is 11.6 Å². The highest BCUT2D eigenvalue weighted by Crippen LogP contribution is 2.34. The van der Waals surface area contributed by atoms with Crippen molar-refractivity contribution in [2.45, 2.75) is 39.2 Å². The second-order valence-corrected chi connectivity index (χ2v) is 6.97. The number of rotatable bonds is 6. The molecule has 0 saturated heterocycles. The van der Waals surface area contributed by atoms with Crippen molar-refractivity contribution in [3.63, 3.8) is 0 Å². The third-order valence-corrected chi connectivity index (χ3v) is 4.86. The predicted octanol–water partition coefficient (Wildman–Crippen LogP) is 3.19. The molecular weight excluding hydrogens is 358 g/mol. The normalized spacial score (nSPS) is 12.1. The van der Waals surface area contributed by atoms with Crippen LogP contribution >= 0.6 is 0 Å². The molecule has 146 valence electrons. The number of carbonyl (C=O) groups is 1. The third kappa shape index (κ3) is 4.17. The Hall–Kier alpha value is -3.28. The molecule has 0 aliphatic carbocycles. The van der Waals surface area contributed by atoms with Crippen LogP contribution in [0, 0.1) is 6.92 Å². The van der Waals surface area contributed by atoms with Crippen LogP contribution in [-0.2, 0) is 17.6 Å². The summed E-state index contributed by atoms with van der Waals surface area (Å²) in [6.45, 7) is 3.62. The van der Waals surface area contributed by atoms with Crippen molar-refractivity contribution >= 4 is 16.9 Å². The molecule has 3 aromatic rings. The molecule has 1 heterocycles. The number of phenolic OH excluding ortho intramolecular Hbond substituents is 2. The van der Waals surface area contributed by atoms with Crippen LogP contribution in [0.4, 0.5) is 0 Å². The van der Waals surface area contributed by atoms with E-state index >= 15 is 0 Å². The molecule has 0 bridgehead atoms. The summed E-state index contributed by atoms with van der Waals surface area (Å²) in [6.07, 6.45) is 1.53. The molecule has 28 heavy (non-hydrogen) atoms. The van der Waals surface area contributed by atoms with Gasteiger partial charge in [0.1, 0.15) is 0 Å². The standard InChI is InChI=1S/C22H23NO5/c1-13(8-9-15-6-4-3-5-7-15)23-19(25)12-17-14(2)16-10-11-18(24)20(26)21(16)28-22(17)27/h3-7,10-11,13,24,26H,8-9,12H2,1-2H3,(H,23,25). The van der Waals surface area contributed by atoms with Crippen molar-refractivity contribution in [3.8, 4) is 11.5 Å². The molecule has 6 heteroatoms. The summed E-state index contributed by atoms with van der Waals surface area (Å²) in [7, 11) is 0. The van der Waals surface area contributed by atoms with E-state index in [-0.39, 0.29) is 35.3 Å². The molecule has 2 aromatic carbocycles. The molecule has 3 rings (SSSR count). The van der Waals surface area contributed by atoms with Gasteiger partial charge in [-0.05, 0) is 49.9 Å². The van der Waals surface area contributed by atoms with E-state index in [1.807, 2.05) is 37.3 Å². The van der Waals surface area contributed by atoms with Gasteiger partial charge in [-0.3, -0.25) is 4.79 Å². The average molecular weight is 381 g/mol. The minimum Gasteiger partial charge on any atom is -0.504 e. The summed E-state index contributed by atoms with van der Waals surface area (Å²) >= 11 is 0. The topological polar surface area (TPSA) is 99.8 Å². The zero-order chi connectivity index (χ0) is 20.3. The van der Waals surface area contributed by atoms with Gasteiger partial charge in [0, 0.05) is 11.4 Å². The minimum absolute atomic E-state index is 0.0403. The molecule has 0 radical (unpaired) electrons. The lowest BCUT2D eigenvalue weighted by Crippen LogP contribution is -2.35. The fourth-order valence-corrected chi connectivity index (χ4v) is 3.22. The SMILES string of the molecule is Cc1c(CC(=O)NC(C)CCc2ccccc2)c(=O)oc2c(O)c(O)ccc12. The Balaban J connectivity index is 1.71. The highest BCUT2D eigenvalue weighted by molar-refractivity contribution is 5.89. The van der Waals surface area contributed by atoms with Crippen LogP contribution in [0.25, 0.3) is 11.0 Å². The number of amides is 1. The maximum absolute atomic E-state index is 12.4. The number of benzene rings is 2. The van der Waals surface area contributed by atoms with Gasteiger partial charge in [0.2, 0.25) is 11.7 Å². The Morgan fingerprint density at radius 3 is 2.57 bits per heavy atom. The number of carbonyl (C=O) groups excluding carboxylic acids is 1. The van der Waals surface area contributed by atoms with Gasteiger partial charge in [0.25, 0.3) is 0 Å². The Bertz CT molecular complexity index is 1060. The molecule has 0 aliphatic heterocycles. The number of phenols is 2. The molecule has 0 aliphatic rings. The van der Waals surface area contributed by atoms with E-state index in [0.717, 1.165) is 12.8 Å². The van der Waals surface area contributed by atoms with Crippen LogP contribution in [0.2, 0.25) is 0 Å². The van der Waals surface area contributed by atoms with Gasteiger partial charge in [-0.2, -0.15) is 0 Å². The number of aryl methyl sites for hydroxylation is 2. The summed E-state index contributed by atoms with van der Waals surface area (Å²) in [5, 5.41) is 22.9. The number of aromatic hydroxyl groups is 2. The fourth-order valence-electron chi connectivity index (χ4n) is 3.22. The maximum atomic E-state index is 12.4. The largest absolute Gasteiger partial charge is 0.504 e. The van der Waals surface area contributed by atoms with E-state index in [9.17, 15) is 19.8 Å². The van der Waals surface area contributed by atoms with Crippen molar-refractivity contribution in [1.29, 1.82) is 0 Å². The molecule has 1 atom stereocenters. The monoisotopic (exact) mass is 381 g/mol. The van der Waals surface area contributed by atoms with Gasteiger partial charge in [0.05, 0.1) is 12.0 Å². The smallest absolute Gasteiger partial charge is 0.340 e. The van der Waals surface area contributed by atoms with Crippen LogP contribution < -0.4 is 10.9 Å². The maximum Gasteiger partial charge on any atom is 0.340 e. The van der Waals surface area contributed by atoms with E-state index in [0.29, 0.717) is 10.9 Å². The second-order valence-electron chi connectivity index (χ2n) is 6.97. The van der Waals surface area contributed by atoms with Crippen molar-refractivity contribution in [2.24, 2.45) is 0 Å². The van der Waals surface area contributed by atoms with Crippen molar-refractivity contribution in [3.05, 3.63) is 69.6 Å². The molecule has 1 aromatic heterocycles. The first kappa shape index (κ1) is 19.5. The molecule has 3 N–H and O–H groups in total. The number of hydrogen-bond acceptors (Lipinski definition) is 5. The Morgan fingerprint density at radius 1 is 1.14 bits per heavy atom. The quantitative estimate of drug-likeness (QED) is 0.450. The van der Waals surface area contributed by atoms with Crippen molar-refractivity contribution < 1.29 is 19.4 Å². The van der Waals surface area contributed by atoms with Gasteiger partial charge in [-0.1, -0.05) is 30.3 Å². The predicted molar refractivity (Wildman–Crippen MR) is 107 cm³/mol. The molecule has 6 nitrogen and oxygen atoms in total. The van der Waals surface area contributed by atoms with Gasteiger partial charge >= 0.3 is 5.63 Å². The van der Waals surface area contributed by atoms with Crippen LogP contribution in [0.3, 0.4) is 0 Å². The van der Waals surface area contributed by atoms with Crippen LogP contribution in [-0.4, -0.2) is 22.2 Å². The van der Waals surface area contributed by atoms with E-state index in [2.05, 4.69) is 5.32 Å². The summed E-state index contributed by atoms with van der Waals surface area (Å²) in [5.74, 6) is -1.12. The van der Waals surface area contributed by atoms with Crippen LogP contribution in [0.15, 0.2) is 51.7 Å². The molecule has 0 saturated carbocycles. The Morgan fingerprint density at radius 2 is 1.86 bits per heavy atom. The molecule has 0 fully saturated rings. The first-order valence-corrected chi connectivity index (χ1v) is 9.17. The van der Waals surface area contributed by atoms with Crippen molar-refractivity contribution in [1.82, 2.24) is 5.32 Å². The molecule has 1 amide bonds. The van der Waals surface area contributed by atoms with Gasteiger partial charge in [-0.15, -0.1) is 0 Å². The molecule has 0 spiro atoms. The molecule has 1 unspecified atom stereocenters. The number of nitrogens with one attached hydrogen (secondary N) is 1. The summed E-state index contributed by atoms with van der Waals surface area (Å²) in [6, 6.07) is 12.9. The van der Waals surface area contributed by atoms with Crippen molar-refractivity contribution in [2.75, 3.05) is 0 Å². The summed E-state index contributed by atoms with van der Waals surface area (Å²) in [5.41, 5.74) is 1.22. The lowest BCUT2D eigenvalue weighted by molar-refractivity contribution is -0.121. The van der Waals surface area contributed by atoms with E-state index in [1.54, 1.807) is 13.0 Å². The zero-order valence-corrected chi connectivity index (χ0v) is 15.9. The first-order valence-electron chi connectivity index (χ1n) is 9.17. The van der Waals surface area contributed by atoms with Gasteiger partial charge in [-0.25, -0.2) is 4.79 Å². The zero-order valence-electron chi connectivity index (χ0n) is 15.9. The Kier molecular flexibility index (Phi) is 5.68. The van der Waals surface area contributed by atoms with Gasteiger partial charge in [0.15, 0.2) is 11.3 Å². The number of hydrogen-bond donors (Lipinski definition) is 3. The van der Waals surface area contributed by atoms with Crippen LogP contribution in [0.5, 0.6) is 11.5 Å². The third-order valence-electron chi connectivity index (χ3n) is 4.86. The first-order chi connectivity index (χ1) is 13.4. The lowest BCUT2D eigenvalue weighted by Gasteiger charge is -2.15. The highest BCUT2D eigenvalue weighted by atomic mass is 16.4. The highest BCUT2D eigenvalue weighted by Gasteiger charge is 2.18. The van der Waals surface area contributed by atoms with E-state index in [4.69, 9.17) is 4.42 Å². The summed E-state index contributed by atoms with van der Waals surface area (Å²) < 4.78 is 5.15. The molecular formula is C22H23NO5. The summed E-state index contributed by atoms with van der Waals surface area (Å²) in [4.78, 5) is 24.7. The average Bonchev–Trinajstić information content (AvgIpc) is 2.67. The Labute approximate surface area is 162 Å². The lowest BCUT2D eigenvalue weighted by atomic mass is 10.0. The van der Waals surface area contributed by atoms with E-state index < -0.39 is 11.4 Å². The number of fused-ring (bicyclic) bond motifs is 1.